The average Bonchev–Trinajstić information content (AvgIpc) is 2.19. The number of aliphatic hydroxyl groups excluding tert-OH is 1. The van der Waals surface area contributed by atoms with Crippen molar-refractivity contribution in [1.29, 1.82) is 0 Å². The Labute approximate surface area is 61.0 Å². The van der Waals surface area contributed by atoms with Gasteiger partial charge in [-0.15, -0.1) is 11.6 Å². The molecule has 2 heteroatoms. The smallest absolute Gasteiger partial charge is 0.0479 e. The number of hydrogen-bond donors (Lipinski definition) is 1. The van der Waals surface area contributed by atoms with E-state index in [1.165, 1.54) is 0 Å². The molecule has 1 N–H and O–H groups in total. The van der Waals surface area contributed by atoms with Crippen LogP contribution >= 0.6 is 11.6 Å². The maximum Gasteiger partial charge on any atom is 0.0479 e. The summed E-state index contributed by atoms with van der Waals surface area (Å²) in [7, 11) is 0. The van der Waals surface area contributed by atoms with E-state index in [1.807, 2.05) is 6.92 Å². The molecular formula is C7H13ClO. The lowest BCUT2D eigenvalue weighted by molar-refractivity contribution is 0.276. The molecule has 0 aromatic heterocycles. The van der Waals surface area contributed by atoms with Gasteiger partial charge in [0.2, 0.25) is 0 Å². The Morgan fingerprint density at radius 3 is 2.22 bits per heavy atom. The Balaban J connectivity index is 2.33. The minimum atomic E-state index is -0.0112. The molecule has 1 aliphatic rings. The lowest BCUT2D eigenvalue weighted by Gasteiger charge is -1.95. The van der Waals surface area contributed by atoms with E-state index in [0.717, 1.165) is 6.42 Å². The third-order valence-corrected chi connectivity index (χ3v) is 3.17. The van der Waals surface area contributed by atoms with Crippen LogP contribution in [-0.4, -0.2) is 16.6 Å². The van der Waals surface area contributed by atoms with Gasteiger partial charge in [0.15, 0.2) is 0 Å². The normalized spacial score (nSPS) is 49.3. The summed E-state index contributed by atoms with van der Waals surface area (Å²) in [6, 6.07) is 0. The van der Waals surface area contributed by atoms with Gasteiger partial charge >= 0.3 is 0 Å². The van der Waals surface area contributed by atoms with E-state index in [1.54, 1.807) is 0 Å². The van der Waals surface area contributed by atoms with Crippen LogP contribution in [0.15, 0.2) is 0 Å². The molecule has 3 unspecified atom stereocenters. The van der Waals surface area contributed by atoms with Crippen molar-refractivity contribution in [2.75, 3.05) is 6.61 Å². The summed E-state index contributed by atoms with van der Waals surface area (Å²) in [5, 5.41) is 8.57. The fourth-order valence-electron chi connectivity index (χ4n) is 1.46. The molecule has 1 fully saturated rings. The second kappa shape index (κ2) is 2.14. The van der Waals surface area contributed by atoms with Crippen LogP contribution in [0.5, 0.6) is 0 Å². The molecule has 3 atom stereocenters. The minimum absolute atomic E-state index is 0.0112. The first-order chi connectivity index (χ1) is 4.10. The summed E-state index contributed by atoms with van der Waals surface area (Å²) >= 11 is 6.03. The molecule has 0 amide bonds. The van der Waals surface area contributed by atoms with Crippen LogP contribution in [0, 0.1) is 11.8 Å². The molecular weight excluding hydrogens is 136 g/mol. The number of rotatable bonds is 2. The van der Waals surface area contributed by atoms with Crippen LogP contribution in [0.1, 0.15) is 20.3 Å². The lowest BCUT2D eigenvalue weighted by Crippen LogP contribution is -1.96. The molecule has 0 radical (unpaired) electrons. The Morgan fingerprint density at radius 2 is 2.11 bits per heavy atom. The zero-order valence-corrected chi connectivity index (χ0v) is 6.65. The van der Waals surface area contributed by atoms with Crippen molar-refractivity contribution >= 4 is 11.6 Å². The molecule has 1 nitrogen and oxygen atoms in total. The Kier molecular flexibility index (Phi) is 1.75. The number of aliphatic hydroxyl groups is 1. The molecule has 0 spiro atoms. The van der Waals surface area contributed by atoms with Crippen LogP contribution < -0.4 is 0 Å². The quantitative estimate of drug-likeness (QED) is 0.591. The van der Waals surface area contributed by atoms with Crippen LogP contribution in [0.4, 0.5) is 0 Å². The molecule has 0 aromatic rings. The van der Waals surface area contributed by atoms with E-state index in [0.29, 0.717) is 11.8 Å². The van der Waals surface area contributed by atoms with Crippen molar-refractivity contribution in [1.82, 2.24) is 0 Å². The van der Waals surface area contributed by atoms with E-state index >= 15 is 0 Å². The van der Waals surface area contributed by atoms with Gasteiger partial charge in [0.05, 0.1) is 0 Å². The Hall–Kier alpha value is 0.250. The second-order valence-electron chi connectivity index (χ2n) is 3.06. The molecule has 0 heterocycles. The molecule has 0 saturated heterocycles. The van der Waals surface area contributed by atoms with Gasteiger partial charge in [-0.1, -0.05) is 6.92 Å². The maximum atomic E-state index is 8.57. The van der Waals surface area contributed by atoms with E-state index in [2.05, 4.69) is 6.92 Å². The van der Waals surface area contributed by atoms with Gasteiger partial charge in [-0.05, 0) is 25.2 Å². The predicted molar refractivity (Wildman–Crippen MR) is 38.6 cm³/mol. The van der Waals surface area contributed by atoms with Crippen LogP contribution in [0.25, 0.3) is 0 Å². The monoisotopic (exact) mass is 148 g/mol. The van der Waals surface area contributed by atoms with E-state index in [9.17, 15) is 0 Å². The molecule has 1 saturated carbocycles. The van der Waals surface area contributed by atoms with Crippen LogP contribution in [-0.2, 0) is 0 Å². The number of alkyl halides is 1. The van der Waals surface area contributed by atoms with Crippen molar-refractivity contribution in [3.8, 4) is 0 Å². The zero-order valence-electron chi connectivity index (χ0n) is 5.89. The minimum Gasteiger partial charge on any atom is -0.396 e. The SMILES string of the molecule is CC1C(CCO)C1(C)Cl. The maximum absolute atomic E-state index is 8.57. The highest BCUT2D eigenvalue weighted by molar-refractivity contribution is 6.26. The highest BCUT2D eigenvalue weighted by Gasteiger charge is 2.56. The molecule has 9 heavy (non-hydrogen) atoms. The van der Waals surface area contributed by atoms with Gasteiger partial charge in [0.25, 0.3) is 0 Å². The zero-order chi connectivity index (χ0) is 7.07. The van der Waals surface area contributed by atoms with E-state index < -0.39 is 0 Å². The highest BCUT2D eigenvalue weighted by Crippen LogP contribution is 2.56. The topological polar surface area (TPSA) is 20.2 Å². The fourth-order valence-corrected chi connectivity index (χ4v) is 1.85. The van der Waals surface area contributed by atoms with Gasteiger partial charge in [-0.3, -0.25) is 0 Å². The van der Waals surface area contributed by atoms with Gasteiger partial charge in [-0.25, -0.2) is 0 Å². The fraction of sp³-hybridized carbons (Fsp3) is 1.00. The van der Waals surface area contributed by atoms with Crippen molar-refractivity contribution in [2.45, 2.75) is 25.1 Å². The summed E-state index contributed by atoms with van der Waals surface area (Å²) in [5.41, 5.74) is 0. The highest BCUT2D eigenvalue weighted by atomic mass is 35.5. The standard InChI is InChI=1S/C7H13ClO/c1-5-6(3-4-9)7(5,2)8/h5-6,9H,3-4H2,1-2H3. The molecule has 1 rings (SSSR count). The van der Waals surface area contributed by atoms with Gasteiger partial charge in [0, 0.05) is 11.5 Å². The van der Waals surface area contributed by atoms with Crippen molar-refractivity contribution in [3.63, 3.8) is 0 Å². The predicted octanol–water partition coefficient (Wildman–Crippen LogP) is 1.63. The molecule has 0 aromatic carbocycles. The Bertz CT molecular complexity index is 111. The summed E-state index contributed by atoms with van der Waals surface area (Å²) in [5.74, 6) is 1.13. The number of halogens is 1. The van der Waals surface area contributed by atoms with Gasteiger partial charge < -0.3 is 5.11 Å². The second-order valence-corrected chi connectivity index (χ2v) is 3.87. The molecule has 54 valence electrons. The first-order valence-electron chi connectivity index (χ1n) is 3.40. The van der Waals surface area contributed by atoms with Crippen molar-refractivity contribution in [2.24, 2.45) is 11.8 Å². The first-order valence-corrected chi connectivity index (χ1v) is 3.78. The Morgan fingerprint density at radius 1 is 1.67 bits per heavy atom. The van der Waals surface area contributed by atoms with Crippen LogP contribution in [0.2, 0.25) is 0 Å². The van der Waals surface area contributed by atoms with Crippen molar-refractivity contribution in [3.05, 3.63) is 0 Å². The van der Waals surface area contributed by atoms with E-state index in [-0.39, 0.29) is 11.5 Å². The third kappa shape index (κ3) is 1.08. The first kappa shape index (κ1) is 7.36. The molecule has 0 bridgehead atoms. The summed E-state index contributed by atoms with van der Waals surface area (Å²) in [6.07, 6.45) is 0.862. The largest absolute Gasteiger partial charge is 0.396 e. The molecule has 0 aliphatic heterocycles. The summed E-state index contributed by atoms with van der Waals surface area (Å²) in [6.45, 7) is 4.45. The number of hydrogen-bond acceptors (Lipinski definition) is 1. The molecule has 1 aliphatic carbocycles. The lowest BCUT2D eigenvalue weighted by atomic mass is 10.2. The average molecular weight is 149 g/mol. The van der Waals surface area contributed by atoms with Gasteiger partial charge in [0.1, 0.15) is 0 Å². The summed E-state index contributed by atoms with van der Waals surface area (Å²) in [4.78, 5) is -0.0112. The van der Waals surface area contributed by atoms with Crippen molar-refractivity contribution < 1.29 is 5.11 Å². The van der Waals surface area contributed by atoms with E-state index in [4.69, 9.17) is 16.7 Å². The van der Waals surface area contributed by atoms with Gasteiger partial charge in [-0.2, -0.15) is 0 Å². The summed E-state index contributed by atoms with van der Waals surface area (Å²) < 4.78 is 0. The third-order valence-electron chi connectivity index (χ3n) is 2.55. The van der Waals surface area contributed by atoms with Crippen LogP contribution in [0.3, 0.4) is 0 Å².